The summed E-state index contributed by atoms with van der Waals surface area (Å²) >= 11 is 0. The zero-order valence-corrected chi connectivity index (χ0v) is 17.8. The van der Waals surface area contributed by atoms with Crippen LogP contribution in [0, 0.1) is 5.82 Å². The number of halogens is 1. The number of carbonyl (C=O) groups excluding carboxylic acids is 1. The molecule has 7 heteroatoms. The lowest BCUT2D eigenvalue weighted by Crippen LogP contribution is -2.39. The van der Waals surface area contributed by atoms with Crippen molar-refractivity contribution >= 4 is 16.8 Å². The number of piperidine rings is 1. The number of nitrogens with zero attached hydrogens (tertiary/aromatic N) is 2. The first kappa shape index (κ1) is 20.3. The number of para-hydroxylation sites is 1. The van der Waals surface area contributed by atoms with Crippen LogP contribution < -0.4 is 4.74 Å². The lowest BCUT2D eigenvalue weighted by Gasteiger charge is -2.31. The molecule has 0 saturated carbocycles. The van der Waals surface area contributed by atoms with Gasteiger partial charge < -0.3 is 19.0 Å². The molecule has 3 heterocycles. The summed E-state index contributed by atoms with van der Waals surface area (Å²) < 4.78 is 25.3. The molecule has 1 aliphatic rings. The molecule has 0 unspecified atom stereocenters. The molecule has 4 aromatic rings. The highest BCUT2D eigenvalue weighted by Gasteiger charge is 2.29. The van der Waals surface area contributed by atoms with Crippen LogP contribution >= 0.6 is 0 Å². The Morgan fingerprint density at radius 3 is 3.00 bits per heavy atom. The lowest BCUT2D eigenvalue weighted by atomic mass is 9.97. The molecule has 1 saturated heterocycles. The van der Waals surface area contributed by atoms with Gasteiger partial charge in [-0.05, 0) is 42.7 Å². The molecule has 1 N–H and O–H groups in total. The van der Waals surface area contributed by atoms with Crippen LogP contribution in [0.5, 0.6) is 5.75 Å². The second-order valence-electron chi connectivity index (χ2n) is 8.17. The van der Waals surface area contributed by atoms with Gasteiger partial charge in [0.25, 0.3) is 5.91 Å². The lowest BCUT2D eigenvalue weighted by molar-refractivity contribution is 0.0693. The molecular weight excluding hydrogens is 409 g/mol. The molecule has 1 amide bonds. The van der Waals surface area contributed by atoms with E-state index in [1.54, 1.807) is 36.4 Å². The van der Waals surface area contributed by atoms with E-state index in [1.165, 1.54) is 6.07 Å². The molecule has 0 aliphatic carbocycles. The molecule has 0 spiro atoms. The molecule has 32 heavy (non-hydrogen) atoms. The minimum atomic E-state index is -0.360. The van der Waals surface area contributed by atoms with Crippen LogP contribution in [0.15, 0.2) is 59.1 Å². The molecule has 2 aromatic carbocycles. The van der Waals surface area contributed by atoms with Crippen molar-refractivity contribution in [2.75, 3.05) is 20.2 Å². The number of hydrogen-bond donors (Lipinski definition) is 1. The Labute approximate surface area is 185 Å². The van der Waals surface area contributed by atoms with Gasteiger partial charge in [-0.25, -0.2) is 9.37 Å². The van der Waals surface area contributed by atoms with Crippen molar-refractivity contribution in [3.05, 3.63) is 83.5 Å². The fourth-order valence-corrected chi connectivity index (χ4v) is 4.34. The number of carbonyl (C=O) groups is 1. The van der Waals surface area contributed by atoms with Crippen molar-refractivity contribution in [3.8, 4) is 5.75 Å². The van der Waals surface area contributed by atoms with E-state index < -0.39 is 0 Å². The van der Waals surface area contributed by atoms with Crippen LogP contribution in [-0.2, 0) is 6.42 Å². The van der Waals surface area contributed by atoms with E-state index in [0.717, 1.165) is 29.9 Å². The van der Waals surface area contributed by atoms with Gasteiger partial charge in [0.1, 0.15) is 23.0 Å². The smallest absolute Gasteiger partial charge is 0.270 e. The van der Waals surface area contributed by atoms with Gasteiger partial charge in [-0.15, -0.1) is 0 Å². The van der Waals surface area contributed by atoms with E-state index in [2.05, 4.69) is 9.97 Å². The minimum Gasteiger partial charge on any atom is -0.497 e. The number of likely N-dealkylation sites (tertiary alicyclic amines) is 1. The summed E-state index contributed by atoms with van der Waals surface area (Å²) in [5.41, 5.74) is 1.84. The molecule has 0 radical (unpaired) electrons. The van der Waals surface area contributed by atoms with Crippen LogP contribution in [0.1, 0.15) is 46.5 Å². The SMILES string of the molecule is COc1cccc(Cc2cnc([C@H]3CCCN(C(=O)c4cc5cccc(F)c5[nH]4)C3)o2)c1. The summed E-state index contributed by atoms with van der Waals surface area (Å²) in [7, 11) is 1.65. The van der Waals surface area contributed by atoms with Gasteiger partial charge in [-0.3, -0.25) is 4.79 Å². The van der Waals surface area contributed by atoms with Crippen molar-refractivity contribution in [2.24, 2.45) is 0 Å². The van der Waals surface area contributed by atoms with E-state index in [1.807, 2.05) is 24.3 Å². The maximum atomic E-state index is 14.0. The van der Waals surface area contributed by atoms with E-state index >= 15 is 0 Å². The van der Waals surface area contributed by atoms with Crippen molar-refractivity contribution in [2.45, 2.75) is 25.2 Å². The predicted molar refractivity (Wildman–Crippen MR) is 118 cm³/mol. The summed E-state index contributed by atoms with van der Waals surface area (Å²) in [5, 5.41) is 0.691. The maximum absolute atomic E-state index is 14.0. The Morgan fingerprint density at radius 2 is 2.16 bits per heavy atom. The number of benzene rings is 2. The molecular formula is C25H24FN3O3. The number of amides is 1. The Balaban J connectivity index is 1.29. The molecule has 164 valence electrons. The standard InChI is InChI=1S/C25H24FN3O3/c1-31-19-8-2-5-16(11-19)12-20-14-27-24(32-20)18-7-4-10-29(15-18)25(30)22-13-17-6-3-9-21(26)23(17)28-22/h2-3,5-6,8-9,11,13-14,18,28H,4,7,10,12,15H2,1H3/t18-/m0/s1. The minimum absolute atomic E-state index is 0.0351. The molecule has 1 atom stereocenters. The summed E-state index contributed by atoms with van der Waals surface area (Å²) in [6.45, 7) is 1.18. The van der Waals surface area contributed by atoms with Gasteiger partial charge in [0.05, 0.1) is 24.7 Å². The van der Waals surface area contributed by atoms with Crippen LogP contribution in [0.25, 0.3) is 10.9 Å². The second-order valence-corrected chi connectivity index (χ2v) is 8.17. The maximum Gasteiger partial charge on any atom is 0.270 e. The summed E-state index contributed by atoms with van der Waals surface area (Å²) in [5.74, 6) is 1.79. The van der Waals surface area contributed by atoms with E-state index in [4.69, 9.17) is 9.15 Å². The number of hydrogen-bond acceptors (Lipinski definition) is 4. The Hall–Kier alpha value is -3.61. The highest BCUT2D eigenvalue weighted by atomic mass is 19.1. The number of ether oxygens (including phenoxy) is 1. The van der Waals surface area contributed by atoms with Gasteiger partial charge in [0.2, 0.25) is 0 Å². The molecule has 5 rings (SSSR count). The molecule has 6 nitrogen and oxygen atoms in total. The number of oxazole rings is 1. The topological polar surface area (TPSA) is 71.4 Å². The number of H-pyrrole nitrogens is 1. The number of aromatic amines is 1. The number of rotatable bonds is 5. The van der Waals surface area contributed by atoms with Crippen LogP contribution in [-0.4, -0.2) is 41.0 Å². The fourth-order valence-electron chi connectivity index (χ4n) is 4.34. The number of aromatic nitrogens is 2. The monoisotopic (exact) mass is 433 g/mol. The van der Waals surface area contributed by atoms with Crippen LogP contribution in [0.4, 0.5) is 4.39 Å². The van der Waals surface area contributed by atoms with Crippen molar-refractivity contribution in [1.82, 2.24) is 14.9 Å². The third-order valence-electron chi connectivity index (χ3n) is 5.98. The Bertz CT molecular complexity index is 1260. The quantitative estimate of drug-likeness (QED) is 0.485. The zero-order valence-electron chi connectivity index (χ0n) is 17.8. The van der Waals surface area contributed by atoms with Gasteiger partial charge in [0, 0.05) is 24.9 Å². The first-order chi connectivity index (χ1) is 15.6. The molecule has 1 fully saturated rings. The highest BCUT2D eigenvalue weighted by molar-refractivity contribution is 5.98. The van der Waals surface area contributed by atoms with Gasteiger partial charge in [0.15, 0.2) is 5.89 Å². The second kappa shape index (κ2) is 8.49. The average Bonchev–Trinajstić information content (AvgIpc) is 3.47. The van der Waals surface area contributed by atoms with E-state index in [-0.39, 0.29) is 17.6 Å². The van der Waals surface area contributed by atoms with Gasteiger partial charge in [-0.1, -0.05) is 24.3 Å². The largest absolute Gasteiger partial charge is 0.497 e. The van der Waals surface area contributed by atoms with E-state index in [9.17, 15) is 9.18 Å². The normalized spacial score (nSPS) is 16.4. The van der Waals surface area contributed by atoms with Crippen molar-refractivity contribution < 1.29 is 18.3 Å². The first-order valence-electron chi connectivity index (χ1n) is 10.7. The Kier molecular flexibility index (Phi) is 5.39. The summed E-state index contributed by atoms with van der Waals surface area (Å²) in [6.07, 6.45) is 4.15. The van der Waals surface area contributed by atoms with Gasteiger partial charge in [-0.2, -0.15) is 0 Å². The summed E-state index contributed by atoms with van der Waals surface area (Å²) in [4.78, 5) is 22.3. The fraction of sp³-hybridized carbons (Fsp3) is 0.280. The zero-order chi connectivity index (χ0) is 22.1. The Morgan fingerprint density at radius 1 is 1.28 bits per heavy atom. The molecule has 0 bridgehead atoms. The van der Waals surface area contributed by atoms with E-state index in [0.29, 0.717) is 42.0 Å². The third-order valence-corrected chi connectivity index (χ3v) is 5.98. The summed E-state index contributed by atoms with van der Waals surface area (Å²) in [6, 6.07) is 14.4. The van der Waals surface area contributed by atoms with Crippen LogP contribution in [0.3, 0.4) is 0 Å². The number of methoxy groups -OCH3 is 1. The number of nitrogens with one attached hydrogen (secondary N) is 1. The average molecular weight is 433 g/mol. The first-order valence-corrected chi connectivity index (χ1v) is 10.7. The molecule has 1 aliphatic heterocycles. The van der Waals surface area contributed by atoms with Gasteiger partial charge >= 0.3 is 0 Å². The van der Waals surface area contributed by atoms with Crippen LogP contribution in [0.2, 0.25) is 0 Å². The van der Waals surface area contributed by atoms with Crippen molar-refractivity contribution in [1.29, 1.82) is 0 Å². The molecule has 2 aromatic heterocycles. The number of fused-ring (bicyclic) bond motifs is 1. The van der Waals surface area contributed by atoms with Crippen molar-refractivity contribution in [3.63, 3.8) is 0 Å². The highest BCUT2D eigenvalue weighted by Crippen LogP contribution is 2.29. The predicted octanol–water partition coefficient (Wildman–Crippen LogP) is 4.91. The third kappa shape index (κ3) is 3.98.